The van der Waals surface area contributed by atoms with E-state index in [2.05, 4.69) is 0 Å². The van der Waals surface area contributed by atoms with Crippen LogP contribution in [0.25, 0.3) is 22.3 Å². The van der Waals surface area contributed by atoms with Gasteiger partial charge in [0, 0.05) is 11.1 Å². The Balaban J connectivity index is 1.49. The van der Waals surface area contributed by atoms with Crippen LogP contribution < -0.4 is 9.47 Å². The molecule has 4 N–H and O–H groups in total. The number of carboxylic acids is 4. The maximum absolute atomic E-state index is 11.6. The highest BCUT2D eigenvalue weighted by Gasteiger charge is 2.19. The van der Waals surface area contributed by atoms with E-state index in [9.17, 15) is 39.6 Å². The third kappa shape index (κ3) is 6.09. The zero-order chi connectivity index (χ0) is 31.4. The van der Waals surface area contributed by atoms with Crippen molar-refractivity contribution < 1.29 is 49.1 Å². The van der Waals surface area contributed by atoms with Crippen molar-refractivity contribution in [2.75, 3.05) is 0 Å². The molecule has 5 aromatic rings. The van der Waals surface area contributed by atoms with Crippen molar-refractivity contribution in [3.8, 4) is 45.3 Å². The van der Waals surface area contributed by atoms with Crippen molar-refractivity contribution >= 4 is 23.9 Å². The largest absolute Gasteiger partial charge is 0.478 e. The van der Waals surface area contributed by atoms with E-state index in [0.717, 1.165) is 23.3 Å². The average Bonchev–Trinajstić information content (AvgIpc) is 3.01. The molecular weight excluding hydrogens is 568 g/mol. The fraction of sp³-hybridized carbons (Fsp3) is 0. The lowest BCUT2D eigenvalue weighted by atomic mass is 9.98. The lowest BCUT2D eigenvalue weighted by molar-refractivity contribution is 0.0651. The maximum Gasteiger partial charge on any atom is 0.336 e. The van der Waals surface area contributed by atoms with Crippen molar-refractivity contribution in [3.05, 3.63) is 131 Å². The van der Waals surface area contributed by atoms with Crippen molar-refractivity contribution in [2.45, 2.75) is 0 Å². The van der Waals surface area contributed by atoms with Crippen LogP contribution in [0.2, 0.25) is 0 Å². The van der Waals surface area contributed by atoms with Crippen LogP contribution in [0, 0.1) is 0 Å². The number of ether oxygens (including phenoxy) is 2. The van der Waals surface area contributed by atoms with Gasteiger partial charge in [-0.05, 0) is 65.7 Å². The van der Waals surface area contributed by atoms with Gasteiger partial charge in [-0.2, -0.15) is 0 Å². The number of benzene rings is 5. The van der Waals surface area contributed by atoms with Crippen LogP contribution in [0.5, 0.6) is 23.0 Å². The van der Waals surface area contributed by atoms with Crippen molar-refractivity contribution in [2.24, 2.45) is 0 Å². The van der Waals surface area contributed by atoms with E-state index in [1.807, 2.05) is 48.5 Å². The SMILES string of the molecule is O=C(O)c1ccc(Oc2ccccc2-c2cccc(-c3ccccc3Oc3ccc(C(=O)O)c(C(=O)O)c3)c2)cc1C(=O)O. The summed E-state index contributed by atoms with van der Waals surface area (Å²) in [6.07, 6.45) is 0. The van der Waals surface area contributed by atoms with Crippen molar-refractivity contribution in [1.82, 2.24) is 0 Å². The second kappa shape index (κ2) is 12.2. The van der Waals surface area contributed by atoms with Gasteiger partial charge in [0.05, 0.1) is 22.3 Å². The van der Waals surface area contributed by atoms with Crippen molar-refractivity contribution in [3.63, 3.8) is 0 Å². The fourth-order valence-corrected chi connectivity index (χ4v) is 4.60. The fourth-order valence-electron chi connectivity index (χ4n) is 4.60. The van der Waals surface area contributed by atoms with E-state index < -0.39 is 35.0 Å². The highest BCUT2D eigenvalue weighted by Crippen LogP contribution is 2.38. The van der Waals surface area contributed by atoms with Gasteiger partial charge in [-0.1, -0.05) is 54.6 Å². The summed E-state index contributed by atoms with van der Waals surface area (Å²) in [5.74, 6) is -4.45. The van der Waals surface area contributed by atoms with Gasteiger partial charge >= 0.3 is 23.9 Å². The summed E-state index contributed by atoms with van der Waals surface area (Å²) >= 11 is 0. The zero-order valence-corrected chi connectivity index (χ0v) is 22.6. The van der Waals surface area contributed by atoms with E-state index in [1.165, 1.54) is 24.3 Å². The molecule has 0 fully saturated rings. The van der Waals surface area contributed by atoms with Gasteiger partial charge in [0.1, 0.15) is 23.0 Å². The molecule has 5 aromatic carbocycles. The molecule has 0 aromatic heterocycles. The molecule has 0 amide bonds. The molecular formula is C34H22O10. The van der Waals surface area contributed by atoms with Gasteiger partial charge < -0.3 is 29.9 Å². The quantitative estimate of drug-likeness (QED) is 0.129. The number of rotatable bonds is 10. The van der Waals surface area contributed by atoms with E-state index in [4.69, 9.17) is 9.47 Å². The van der Waals surface area contributed by atoms with E-state index in [-0.39, 0.29) is 22.6 Å². The molecule has 44 heavy (non-hydrogen) atoms. The summed E-state index contributed by atoms with van der Waals surface area (Å²) in [6, 6.07) is 29.0. The molecule has 0 bridgehead atoms. The zero-order valence-electron chi connectivity index (χ0n) is 22.6. The summed E-state index contributed by atoms with van der Waals surface area (Å²) in [6.45, 7) is 0. The van der Waals surface area contributed by atoms with Crippen LogP contribution in [-0.4, -0.2) is 44.3 Å². The van der Waals surface area contributed by atoms with Crippen LogP contribution in [0.4, 0.5) is 0 Å². The van der Waals surface area contributed by atoms with Crippen LogP contribution in [0.1, 0.15) is 41.4 Å². The minimum absolute atomic E-state index is 0.143. The highest BCUT2D eigenvalue weighted by molar-refractivity contribution is 6.02. The number of hydrogen-bond acceptors (Lipinski definition) is 6. The molecule has 0 unspecified atom stereocenters. The Hall–Kier alpha value is -6.42. The van der Waals surface area contributed by atoms with E-state index in [1.54, 1.807) is 24.3 Å². The summed E-state index contributed by atoms with van der Waals surface area (Å²) in [7, 11) is 0. The smallest absolute Gasteiger partial charge is 0.336 e. The van der Waals surface area contributed by atoms with Crippen LogP contribution in [0.15, 0.2) is 109 Å². The summed E-state index contributed by atoms with van der Waals surface area (Å²) in [4.78, 5) is 46.2. The minimum Gasteiger partial charge on any atom is -0.478 e. The van der Waals surface area contributed by atoms with Gasteiger partial charge in [0.25, 0.3) is 0 Å². The lowest BCUT2D eigenvalue weighted by Crippen LogP contribution is -2.08. The number of carbonyl (C=O) groups is 4. The van der Waals surface area contributed by atoms with Gasteiger partial charge in [-0.25, -0.2) is 19.2 Å². The molecule has 0 aliphatic carbocycles. The number of para-hydroxylation sites is 2. The van der Waals surface area contributed by atoms with Crippen LogP contribution in [0.3, 0.4) is 0 Å². The van der Waals surface area contributed by atoms with Gasteiger partial charge in [-0.3, -0.25) is 0 Å². The van der Waals surface area contributed by atoms with Crippen LogP contribution in [-0.2, 0) is 0 Å². The monoisotopic (exact) mass is 590 g/mol. The Labute approximate surface area is 249 Å². The standard InChI is InChI=1S/C34H22O10/c35-31(36)25-14-12-21(17-27(25)33(39)40)43-29-10-3-1-8-23(29)19-6-5-7-20(16-19)24-9-2-4-11-30(24)44-22-13-15-26(32(37)38)28(18-22)34(41)42/h1-18H,(H,35,36)(H,37,38)(H,39,40)(H,41,42). The molecule has 5 rings (SSSR count). The van der Waals surface area contributed by atoms with Crippen LogP contribution >= 0.6 is 0 Å². The third-order valence-electron chi connectivity index (χ3n) is 6.62. The summed E-state index contributed by atoms with van der Waals surface area (Å²) in [5, 5.41) is 37.6. The first-order valence-corrected chi connectivity index (χ1v) is 13.0. The minimum atomic E-state index is -1.40. The predicted octanol–water partition coefficient (Wildman–Crippen LogP) is 7.40. The summed E-state index contributed by atoms with van der Waals surface area (Å²) in [5.41, 5.74) is 1.30. The van der Waals surface area contributed by atoms with E-state index in [0.29, 0.717) is 22.6 Å². The maximum atomic E-state index is 11.6. The molecule has 0 saturated heterocycles. The van der Waals surface area contributed by atoms with E-state index >= 15 is 0 Å². The Morgan fingerprint density at radius 3 is 1.18 bits per heavy atom. The van der Waals surface area contributed by atoms with Gasteiger partial charge in [0.15, 0.2) is 0 Å². The Bertz CT molecular complexity index is 1810. The van der Waals surface area contributed by atoms with Gasteiger partial charge in [0.2, 0.25) is 0 Å². The summed E-state index contributed by atoms with van der Waals surface area (Å²) < 4.78 is 12.0. The second-order valence-electron chi connectivity index (χ2n) is 9.41. The lowest BCUT2D eigenvalue weighted by Gasteiger charge is -2.15. The molecule has 0 aliphatic rings. The highest BCUT2D eigenvalue weighted by atomic mass is 16.5. The molecule has 0 saturated carbocycles. The first kappa shape index (κ1) is 29.1. The second-order valence-corrected chi connectivity index (χ2v) is 9.41. The number of carboxylic acid groups (broad SMARTS) is 4. The molecule has 218 valence electrons. The van der Waals surface area contributed by atoms with Crippen molar-refractivity contribution in [1.29, 1.82) is 0 Å². The normalized spacial score (nSPS) is 10.5. The predicted molar refractivity (Wildman–Crippen MR) is 158 cm³/mol. The number of hydrogen-bond donors (Lipinski definition) is 4. The molecule has 10 nitrogen and oxygen atoms in total. The Morgan fingerprint density at radius 2 is 0.795 bits per heavy atom. The van der Waals surface area contributed by atoms with Gasteiger partial charge in [-0.15, -0.1) is 0 Å². The first-order valence-electron chi connectivity index (χ1n) is 13.0. The molecule has 0 spiro atoms. The first-order chi connectivity index (χ1) is 21.1. The Morgan fingerprint density at radius 1 is 0.409 bits per heavy atom. The third-order valence-corrected chi connectivity index (χ3v) is 6.62. The topological polar surface area (TPSA) is 168 Å². The number of aromatic carboxylic acids is 4. The molecule has 10 heteroatoms. The average molecular weight is 591 g/mol. The molecule has 0 atom stereocenters. The Kier molecular flexibility index (Phi) is 8.07. The molecule has 0 aliphatic heterocycles. The molecule has 0 heterocycles. The molecule has 0 radical (unpaired) electrons.